The lowest BCUT2D eigenvalue weighted by Gasteiger charge is -2.30. The minimum atomic E-state index is -0.385. The number of likely N-dealkylation sites (tertiary alicyclic amines) is 1. The van der Waals surface area contributed by atoms with Crippen molar-refractivity contribution in [1.82, 2.24) is 10.2 Å². The molecule has 0 spiro atoms. The maximum Gasteiger partial charge on any atom is 0.251 e. The van der Waals surface area contributed by atoms with Gasteiger partial charge in [-0.25, -0.2) is 4.39 Å². The van der Waals surface area contributed by atoms with Gasteiger partial charge in [-0.2, -0.15) is 11.3 Å². The lowest BCUT2D eigenvalue weighted by atomic mass is 10.1. The van der Waals surface area contributed by atoms with E-state index in [1.807, 2.05) is 0 Å². The normalized spacial score (nSPS) is 17.2. The van der Waals surface area contributed by atoms with Crippen LogP contribution in [0.5, 0.6) is 0 Å². The van der Waals surface area contributed by atoms with Crippen molar-refractivity contribution >= 4 is 17.2 Å². The second-order valence-electron chi connectivity index (χ2n) is 6.24. The number of thiophene rings is 1. The Morgan fingerprint density at radius 2 is 2.00 bits per heavy atom. The zero-order valence-electron chi connectivity index (χ0n) is 13.7. The average molecular weight is 346 g/mol. The fraction of sp³-hybridized carbons (Fsp3) is 0.421. The van der Waals surface area contributed by atoms with Crippen LogP contribution in [0, 0.1) is 5.82 Å². The first-order valence-corrected chi connectivity index (χ1v) is 9.48. The van der Waals surface area contributed by atoms with Gasteiger partial charge in [-0.3, -0.25) is 9.69 Å². The van der Waals surface area contributed by atoms with Crippen LogP contribution in [0.25, 0.3) is 0 Å². The summed E-state index contributed by atoms with van der Waals surface area (Å²) >= 11 is 1.68. The second kappa shape index (κ2) is 8.40. The maximum absolute atomic E-state index is 13.3. The standard InChI is InChI=1S/C19H23FN2OS/c20-17-7-5-6-15(12-17)19(23)21-13-18(16-8-11-24-14-16)22-9-3-1-2-4-10-22/h5-8,11-12,14,18H,1-4,9-10,13H2,(H,21,23)/t18-/m0/s1. The molecule has 1 fully saturated rings. The molecule has 0 aliphatic carbocycles. The average Bonchev–Trinajstić information content (AvgIpc) is 2.98. The summed E-state index contributed by atoms with van der Waals surface area (Å²) in [5.41, 5.74) is 1.62. The molecule has 2 aromatic rings. The quantitative estimate of drug-likeness (QED) is 0.878. The number of carbonyl (C=O) groups is 1. The number of amides is 1. The van der Waals surface area contributed by atoms with E-state index < -0.39 is 0 Å². The smallest absolute Gasteiger partial charge is 0.251 e. The summed E-state index contributed by atoms with van der Waals surface area (Å²) in [6.45, 7) is 2.68. The van der Waals surface area contributed by atoms with Crippen LogP contribution in [0.1, 0.15) is 47.6 Å². The first kappa shape index (κ1) is 17.1. The van der Waals surface area contributed by atoms with Gasteiger partial charge in [0.1, 0.15) is 5.82 Å². The van der Waals surface area contributed by atoms with E-state index in [-0.39, 0.29) is 17.8 Å². The summed E-state index contributed by atoms with van der Waals surface area (Å²) in [5.74, 6) is -0.603. The number of benzene rings is 1. The molecule has 0 saturated carbocycles. The molecule has 0 bridgehead atoms. The Morgan fingerprint density at radius 3 is 2.67 bits per heavy atom. The highest BCUT2D eigenvalue weighted by Crippen LogP contribution is 2.25. The topological polar surface area (TPSA) is 32.3 Å². The van der Waals surface area contributed by atoms with Gasteiger partial charge in [-0.05, 0) is 66.5 Å². The van der Waals surface area contributed by atoms with E-state index in [1.165, 1.54) is 43.4 Å². The third-order valence-electron chi connectivity index (χ3n) is 4.55. The minimum absolute atomic E-state index is 0.187. The summed E-state index contributed by atoms with van der Waals surface area (Å²) in [7, 11) is 0. The first-order chi connectivity index (χ1) is 11.7. The van der Waals surface area contributed by atoms with Crippen molar-refractivity contribution < 1.29 is 9.18 Å². The van der Waals surface area contributed by atoms with Crippen LogP contribution in [-0.2, 0) is 0 Å². The molecule has 2 heterocycles. The van der Waals surface area contributed by atoms with E-state index >= 15 is 0 Å². The van der Waals surface area contributed by atoms with Crippen LogP contribution < -0.4 is 5.32 Å². The van der Waals surface area contributed by atoms with Gasteiger partial charge in [0.05, 0.1) is 6.04 Å². The fourth-order valence-electron chi connectivity index (χ4n) is 3.25. The Hall–Kier alpha value is -1.72. The molecule has 24 heavy (non-hydrogen) atoms. The highest BCUT2D eigenvalue weighted by atomic mass is 32.1. The van der Waals surface area contributed by atoms with Gasteiger partial charge in [-0.15, -0.1) is 0 Å². The predicted octanol–water partition coefficient (Wildman–Crippen LogP) is 4.23. The third kappa shape index (κ3) is 4.42. The molecule has 3 rings (SSSR count). The van der Waals surface area contributed by atoms with E-state index in [0.717, 1.165) is 13.1 Å². The Morgan fingerprint density at radius 1 is 1.21 bits per heavy atom. The summed E-state index contributed by atoms with van der Waals surface area (Å²) in [6, 6.07) is 8.16. The summed E-state index contributed by atoms with van der Waals surface area (Å²) < 4.78 is 13.3. The van der Waals surface area contributed by atoms with Gasteiger partial charge in [0, 0.05) is 12.1 Å². The molecule has 1 aliphatic heterocycles. The van der Waals surface area contributed by atoms with E-state index in [4.69, 9.17) is 0 Å². The van der Waals surface area contributed by atoms with Crippen molar-refractivity contribution in [2.75, 3.05) is 19.6 Å². The summed E-state index contributed by atoms with van der Waals surface area (Å²) in [4.78, 5) is 14.8. The first-order valence-electron chi connectivity index (χ1n) is 8.54. The molecule has 0 unspecified atom stereocenters. The lowest BCUT2D eigenvalue weighted by molar-refractivity contribution is 0.0933. The van der Waals surface area contributed by atoms with E-state index in [0.29, 0.717) is 12.1 Å². The number of nitrogens with one attached hydrogen (secondary N) is 1. The number of halogens is 1. The van der Waals surface area contributed by atoms with Gasteiger partial charge in [-0.1, -0.05) is 18.9 Å². The summed E-state index contributed by atoms with van der Waals surface area (Å²) in [6.07, 6.45) is 4.97. The summed E-state index contributed by atoms with van der Waals surface area (Å²) in [5, 5.41) is 7.22. The van der Waals surface area contributed by atoms with Gasteiger partial charge in [0.25, 0.3) is 5.91 Å². The number of carbonyl (C=O) groups excluding carboxylic acids is 1. The lowest BCUT2D eigenvalue weighted by Crippen LogP contribution is -2.38. The van der Waals surface area contributed by atoms with Crippen molar-refractivity contribution in [3.05, 3.63) is 58.0 Å². The van der Waals surface area contributed by atoms with Crippen LogP contribution in [-0.4, -0.2) is 30.4 Å². The molecule has 5 heteroatoms. The molecular formula is C19H23FN2OS. The molecule has 1 N–H and O–H groups in total. The molecule has 1 atom stereocenters. The van der Waals surface area contributed by atoms with Crippen LogP contribution in [0.2, 0.25) is 0 Å². The zero-order chi connectivity index (χ0) is 16.8. The Balaban J connectivity index is 1.69. The van der Waals surface area contributed by atoms with Gasteiger partial charge in [0.15, 0.2) is 0 Å². The largest absolute Gasteiger partial charge is 0.350 e. The fourth-order valence-corrected chi connectivity index (χ4v) is 3.96. The number of nitrogens with zero attached hydrogens (tertiary/aromatic N) is 1. The van der Waals surface area contributed by atoms with Crippen LogP contribution in [0.3, 0.4) is 0 Å². The van der Waals surface area contributed by atoms with E-state index in [1.54, 1.807) is 23.5 Å². The maximum atomic E-state index is 13.3. The van der Waals surface area contributed by atoms with Gasteiger partial charge < -0.3 is 5.32 Å². The highest BCUT2D eigenvalue weighted by molar-refractivity contribution is 7.07. The van der Waals surface area contributed by atoms with E-state index in [9.17, 15) is 9.18 Å². The highest BCUT2D eigenvalue weighted by Gasteiger charge is 2.22. The second-order valence-corrected chi connectivity index (χ2v) is 7.02. The molecule has 3 nitrogen and oxygen atoms in total. The van der Waals surface area contributed by atoms with E-state index in [2.05, 4.69) is 27.0 Å². The predicted molar refractivity (Wildman–Crippen MR) is 95.8 cm³/mol. The van der Waals surface area contributed by atoms with Crippen LogP contribution in [0.4, 0.5) is 4.39 Å². The van der Waals surface area contributed by atoms with Crippen molar-refractivity contribution in [2.24, 2.45) is 0 Å². The molecule has 128 valence electrons. The minimum Gasteiger partial charge on any atom is -0.350 e. The molecular weight excluding hydrogens is 323 g/mol. The van der Waals surface area contributed by atoms with Crippen molar-refractivity contribution in [3.8, 4) is 0 Å². The molecule has 1 saturated heterocycles. The van der Waals surface area contributed by atoms with Gasteiger partial charge in [0.2, 0.25) is 0 Å². The van der Waals surface area contributed by atoms with Crippen molar-refractivity contribution in [1.29, 1.82) is 0 Å². The van der Waals surface area contributed by atoms with Gasteiger partial charge >= 0.3 is 0 Å². The SMILES string of the molecule is O=C(NC[C@@H](c1ccsc1)N1CCCCCC1)c1cccc(F)c1. The Kier molecular flexibility index (Phi) is 5.99. The zero-order valence-corrected chi connectivity index (χ0v) is 14.5. The number of rotatable bonds is 5. The molecule has 1 aromatic heterocycles. The van der Waals surface area contributed by atoms with Crippen molar-refractivity contribution in [2.45, 2.75) is 31.7 Å². The molecule has 0 radical (unpaired) electrons. The number of hydrogen-bond donors (Lipinski definition) is 1. The molecule has 1 aliphatic rings. The molecule has 1 amide bonds. The third-order valence-corrected chi connectivity index (χ3v) is 5.25. The number of hydrogen-bond acceptors (Lipinski definition) is 3. The van der Waals surface area contributed by atoms with Crippen molar-refractivity contribution in [3.63, 3.8) is 0 Å². The van der Waals surface area contributed by atoms with Crippen LogP contribution >= 0.6 is 11.3 Å². The van der Waals surface area contributed by atoms with Crippen LogP contribution in [0.15, 0.2) is 41.1 Å². The monoisotopic (exact) mass is 346 g/mol. The Bertz CT molecular complexity index is 651. The Labute approximate surface area is 146 Å². The molecule has 1 aromatic carbocycles.